The van der Waals surface area contributed by atoms with E-state index in [1.165, 1.54) is 16.7 Å². The molecule has 1 aliphatic rings. The van der Waals surface area contributed by atoms with Gasteiger partial charge in [0.25, 0.3) is 5.91 Å². The summed E-state index contributed by atoms with van der Waals surface area (Å²) in [4.78, 5) is 24.6. The van der Waals surface area contributed by atoms with E-state index in [9.17, 15) is 9.59 Å². The lowest BCUT2D eigenvalue weighted by atomic mass is 10.2. The van der Waals surface area contributed by atoms with Crippen molar-refractivity contribution in [1.82, 2.24) is 0 Å². The van der Waals surface area contributed by atoms with Crippen molar-refractivity contribution in [2.45, 2.75) is 17.9 Å². The van der Waals surface area contributed by atoms with Gasteiger partial charge in [0.2, 0.25) is 0 Å². The second kappa shape index (κ2) is 4.89. The normalized spacial score (nSPS) is 18.2. The number of aliphatic carboxylic acids is 1. The molecule has 5 nitrogen and oxygen atoms in total. The van der Waals surface area contributed by atoms with Gasteiger partial charge in [0.15, 0.2) is 6.10 Å². The number of carbonyl (C=O) groups is 2. The SMILES string of the molecule is CC1Oc2ccc(SCC(=O)O)cc2N(C)C1=O. The van der Waals surface area contributed by atoms with Gasteiger partial charge in [-0.3, -0.25) is 9.59 Å². The van der Waals surface area contributed by atoms with Crippen LogP contribution < -0.4 is 9.64 Å². The van der Waals surface area contributed by atoms with E-state index in [4.69, 9.17) is 9.84 Å². The van der Waals surface area contributed by atoms with E-state index >= 15 is 0 Å². The van der Waals surface area contributed by atoms with E-state index in [2.05, 4.69) is 0 Å². The molecule has 1 atom stereocenters. The van der Waals surface area contributed by atoms with E-state index in [0.717, 1.165) is 4.90 Å². The number of nitrogens with zero attached hydrogens (tertiary/aromatic N) is 1. The summed E-state index contributed by atoms with van der Waals surface area (Å²) in [5.74, 6) is -0.340. The van der Waals surface area contributed by atoms with Crippen molar-refractivity contribution in [3.05, 3.63) is 18.2 Å². The predicted molar refractivity (Wildman–Crippen MR) is 68.3 cm³/mol. The molecule has 0 radical (unpaired) electrons. The van der Waals surface area contributed by atoms with Crippen molar-refractivity contribution in [2.24, 2.45) is 0 Å². The smallest absolute Gasteiger partial charge is 0.313 e. The molecule has 96 valence electrons. The van der Waals surface area contributed by atoms with Crippen molar-refractivity contribution in [2.75, 3.05) is 17.7 Å². The molecule has 0 saturated carbocycles. The lowest BCUT2D eigenvalue weighted by Crippen LogP contribution is -2.41. The zero-order chi connectivity index (χ0) is 13.3. The molecule has 0 saturated heterocycles. The molecule has 1 heterocycles. The molecule has 1 amide bonds. The highest BCUT2D eigenvalue weighted by Gasteiger charge is 2.28. The van der Waals surface area contributed by atoms with Crippen LogP contribution in [0.2, 0.25) is 0 Å². The topological polar surface area (TPSA) is 66.8 Å². The summed E-state index contributed by atoms with van der Waals surface area (Å²) in [5.41, 5.74) is 0.675. The Hall–Kier alpha value is -1.69. The van der Waals surface area contributed by atoms with Crippen LogP contribution in [0.25, 0.3) is 0 Å². The monoisotopic (exact) mass is 267 g/mol. The highest BCUT2D eigenvalue weighted by molar-refractivity contribution is 8.00. The molecule has 1 aromatic carbocycles. The number of thioether (sulfide) groups is 1. The largest absolute Gasteiger partial charge is 0.481 e. The molecule has 1 unspecified atom stereocenters. The van der Waals surface area contributed by atoms with Gasteiger partial charge in [0.05, 0.1) is 11.4 Å². The third-order valence-electron chi connectivity index (χ3n) is 2.64. The summed E-state index contributed by atoms with van der Waals surface area (Å²) in [7, 11) is 1.69. The van der Waals surface area contributed by atoms with E-state index in [1.807, 2.05) is 0 Å². The molecule has 0 spiro atoms. The van der Waals surface area contributed by atoms with Gasteiger partial charge in [-0.05, 0) is 25.1 Å². The zero-order valence-corrected chi connectivity index (χ0v) is 10.9. The Labute approximate surface area is 109 Å². The minimum atomic E-state index is -0.868. The minimum absolute atomic E-state index is 0.00624. The second-order valence-corrected chi connectivity index (χ2v) is 5.02. The highest BCUT2D eigenvalue weighted by Crippen LogP contribution is 2.36. The lowest BCUT2D eigenvalue weighted by molar-refractivity contribution is -0.134. The van der Waals surface area contributed by atoms with E-state index in [-0.39, 0.29) is 11.7 Å². The summed E-state index contributed by atoms with van der Waals surface area (Å²) < 4.78 is 5.48. The Balaban J connectivity index is 2.26. The molecule has 0 aromatic heterocycles. The third kappa shape index (κ3) is 2.43. The molecular formula is C12H13NO4S. The van der Waals surface area contributed by atoms with Gasteiger partial charge in [-0.15, -0.1) is 11.8 Å². The van der Waals surface area contributed by atoms with Crippen LogP contribution >= 0.6 is 11.8 Å². The molecule has 1 N–H and O–H groups in total. The number of anilines is 1. The average molecular weight is 267 g/mol. The first-order chi connectivity index (χ1) is 8.49. The minimum Gasteiger partial charge on any atom is -0.481 e. The van der Waals surface area contributed by atoms with Gasteiger partial charge in [-0.25, -0.2) is 0 Å². The van der Waals surface area contributed by atoms with Gasteiger partial charge in [0, 0.05) is 11.9 Å². The van der Waals surface area contributed by atoms with Crippen LogP contribution in [0.4, 0.5) is 5.69 Å². The van der Waals surface area contributed by atoms with Crippen molar-refractivity contribution in [1.29, 1.82) is 0 Å². The molecule has 0 aliphatic carbocycles. The maximum Gasteiger partial charge on any atom is 0.313 e. The van der Waals surface area contributed by atoms with Crippen LogP contribution in [0.3, 0.4) is 0 Å². The number of rotatable bonds is 3. The molecule has 2 rings (SSSR count). The summed E-state index contributed by atoms with van der Waals surface area (Å²) >= 11 is 1.21. The van der Waals surface area contributed by atoms with Gasteiger partial charge in [-0.2, -0.15) is 0 Å². The maximum absolute atomic E-state index is 11.8. The number of benzene rings is 1. The van der Waals surface area contributed by atoms with Crippen LogP contribution in [0.1, 0.15) is 6.92 Å². The van der Waals surface area contributed by atoms with Crippen molar-refractivity contribution >= 4 is 29.3 Å². The first-order valence-electron chi connectivity index (χ1n) is 5.42. The Bertz CT molecular complexity index is 503. The van der Waals surface area contributed by atoms with Gasteiger partial charge in [-0.1, -0.05) is 0 Å². The number of carboxylic acids is 1. The van der Waals surface area contributed by atoms with Crippen LogP contribution in [-0.4, -0.2) is 35.9 Å². The zero-order valence-electron chi connectivity index (χ0n) is 10.0. The number of carbonyl (C=O) groups excluding carboxylic acids is 1. The first-order valence-corrected chi connectivity index (χ1v) is 6.40. The molecule has 6 heteroatoms. The predicted octanol–water partition coefficient (Wildman–Crippen LogP) is 1.61. The van der Waals surface area contributed by atoms with Crippen LogP contribution in [0, 0.1) is 0 Å². The van der Waals surface area contributed by atoms with E-state index in [1.54, 1.807) is 32.2 Å². The number of amides is 1. The van der Waals surface area contributed by atoms with E-state index in [0.29, 0.717) is 11.4 Å². The van der Waals surface area contributed by atoms with Gasteiger partial charge < -0.3 is 14.7 Å². The quantitative estimate of drug-likeness (QED) is 0.843. The van der Waals surface area contributed by atoms with Crippen LogP contribution in [-0.2, 0) is 9.59 Å². The van der Waals surface area contributed by atoms with Crippen molar-refractivity contribution < 1.29 is 19.4 Å². The van der Waals surface area contributed by atoms with Crippen LogP contribution in [0.5, 0.6) is 5.75 Å². The Kier molecular flexibility index (Phi) is 3.47. The number of ether oxygens (including phenoxy) is 1. The summed E-state index contributed by atoms with van der Waals surface area (Å²) in [5, 5.41) is 8.63. The summed E-state index contributed by atoms with van der Waals surface area (Å²) in [6, 6.07) is 5.33. The third-order valence-corrected chi connectivity index (χ3v) is 3.61. The molecule has 18 heavy (non-hydrogen) atoms. The van der Waals surface area contributed by atoms with E-state index < -0.39 is 12.1 Å². The highest BCUT2D eigenvalue weighted by atomic mass is 32.2. The molecule has 0 fully saturated rings. The standard InChI is InChI=1S/C12H13NO4S/c1-7-12(16)13(2)9-5-8(18-6-11(14)15)3-4-10(9)17-7/h3-5,7H,6H2,1-2H3,(H,14,15). The fraction of sp³-hybridized carbons (Fsp3) is 0.333. The molecule has 1 aromatic rings. The first kappa shape index (κ1) is 12.8. The second-order valence-electron chi connectivity index (χ2n) is 3.97. The summed E-state index contributed by atoms with van der Waals surface area (Å²) in [6.45, 7) is 1.70. The Morgan fingerprint density at radius 3 is 2.94 bits per heavy atom. The lowest BCUT2D eigenvalue weighted by Gasteiger charge is -2.30. The Morgan fingerprint density at radius 2 is 2.28 bits per heavy atom. The Morgan fingerprint density at radius 1 is 1.56 bits per heavy atom. The number of fused-ring (bicyclic) bond motifs is 1. The molecular weight excluding hydrogens is 254 g/mol. The van der Waals surface area contributed by atoms with Crippen LogP contribution in [0.15, 0.2) is 23.1 Å². The fourth-order valence-electron chi connectivity index (χ4n) is 1.73. The number of hydrogen-bond acceptors (Lipinski definition) is 4. The molecule has 0 bridgehead atoms. The maximum atomic E-state index is 11.8. The van der Waals surface area contributed by atoms with Gasteiger partial charge >= 0.3 is 5.97 Å². The number of likely N-dealkylation sites (N-methyl/N-ethyl adjacent to an activating group) is 1. The number of carboxylic acid groups (broad SMARTS) is 1. The number of hydrogen-bond donors (Lipinski definition) is 1. The van der Waals surface area contributed by atoms with Crippen molar-refractivity contribution in [3.8, 4) is 5.75 Å². The summed E-state index contributed by atoms with van der Waals surface area (Å²) in [6.07, 6.45) is -0.486. The average Bonchev–Trinajstić information content (AvgIpc) is 2.34. The van der Waals surface area contributed by atoms with Gasteiger partial charge in [0.1, 0.15) is 5.75 Å². The van der Waals surface area contributed by atoms with Crippen molar-refractivity contribution in [3.63, 3.8) is 0 Å². The molecule has 1 aliphatic heterocycles. The fourth-order valence-corrected chi connectivity index (χ4v) is 2.38.